The molecule has 11 heteroatoms. The number of nitrogens with zero attached hydrogens (tertiary/aromatic N) is 1. The third-order valence-corrected chi connectivity index (χ3v) is 7.34. The zero-order valence-electron chi connectivity index (χ0n) is 16.9. The third-order valence-electron chi connectivity index (χ3n) is 5.12. The number of para-hydroxylation sites is 1. The van der Waals surface area contributed by atoms with Crippen LogP contribution in [-0.2, 0) is 21.0 Å². The Morgan fingerprint density at radius 1 is 1.12 bits per heavy atom. The van der Waals surface area contributed by atoms with Gasteiger partial charge in [0.25, 0.3) is 0 Å². The van der Waals surface area contributed by atoms with Crippen LogP contribution in [0.5, 0.6) is 5.75 Å². The van der Waals surface area contributed by atoms with Gasteiger partial charge in [-0.3, -0.25) is 4.79 Å². The first-order chi connectivity index (χ1) is 15.1. The summed E-state index contributed by atoms with van der Waals surface area (Å²) in [6.07, 6.45) is -4.23. The van der Waals surface area contributed by atoms with Crippen molar-refractivity contribution in [3.8, 4) is 5.75 Å². The molecule has 0 aromatic heterocycles. The number of piperidine rings is 1. The van der Waals surface area contributed by atoms with E-state index in [0.717, 1.165) is 16.4 Å². The SMILES string of the molecule is O=C(NCCOc1ccccc1)C1CCN(S(=O)(=O)c2ccc(Cl)c(C(F)(F)F)c2)CC1. The lowest BCUT2D eigenvalue weighted by Gasteiger charge is -2.30. The molecule has 0 bridgehead atoms. The highest BCUT2D eigenvalue weighted by Crippen LogP contribution is 2.36. The van der Waals surface area contributed by atoms with Crippen LogP contribution >= 0.6 is 11.6 Å². The van der Waals surface area contributed by atoms with Crippen molar-refractivity contribution in [3.05, 3.63) is 59.1 Å². The van der Waals surface area contributed by atoms with Gasteiger partial charge in [0.05, 0.1) is 22.0 Å². The van der Waals surface area contributed by atoms with E-state index in [9.17, 15) is 26.4 Å². The van der Waals surface area contributed by atoms with Crippen LogP contribution in [0.2, 0.25) is 5.02 Å². The lowest BCUT2D eigenvalue weighted by molar-refractivity contribution is -0.137. The van der Waals surface area contributed by atoms with Crippen molar-refractivity contribution in [2.45, 2.75) is 23.9 Å². The number of carbonyl (C=O) groups excluding carboxylic acids is 1. The standard InChI is InChI=1S/C21H22ClF3N2O4S/c22-19-7-6-17(14-18(19)21(23,24)25)32(29,30)27-11-8-15(9-12-27)20(28)26-10-13-31-16-4-2-1-3-5-16/h1-7,14-15H,8-13H2,(H,26,28). The van der Waals surface area contributed by atoms with E-state index >= 15 is 0 Å². The maximum absolute atomic E-state index is 13.1. The van der Waals surface area contributed by atoms with Gasteiger partial charge in [-0.05, 0) is 43.2 Å². The van der Waals surface area contributed by atoms with Crippen LogP contribution < -0.4 is 10.1 Å². The molecule has 1 aliphatic rings. The second kappa shape index (κ2) is 10.1. The fraction of sp³-hybridized carbons (Fsp3) is 0.381. The Labute approximate surface area is 189 Å². The van der Waals surface area contributed by atoms with E-state index in [1.807, 2.05) is 18.2 Å². The Kier molecular flexibility index (Phi) is 7.68. The van der Waals surface area contributed by atoms with Crippen molar-refractivity contribution in [1.29, 1.82) is 0 Å². The summed E-state index contributed by atoms with van der Waals surface area (Å²) in [4.78, 5) is 11.9. The molecule has 0 spiro atoms. The summed E-state index contributed by atoms with van der Waals surface area (Å²) in [7, 11) is -4.14. The Hall–Kier alpha value is -2.30. The molecule has 0 aliphatic carbocycles. The van der Waals surface area contributed by atoms with E-state index in [0.29, 0.717) is 25.0 Å². The van der Waals surface area contributed by atoms with Crippen molar-refractivity contribution in [1.82, 2.24) is 9.62 Å². The van der Waals surface area contributed by atoms with Crippen molar-refractivity contribution in [2.75, 3.05) is 26.2 Å². The smallest absolute Gasteiger partial charge is 0.417 e. The van der Waals surface area contributed by atoms with E-state index in [4.69, 9.17) is 16.3 Å². The monoisotopic (exact) mass is 490 g/mol. The van der Waals surface area contributed by atoms with Gasteiger partial charge in [-0.15, -0.1) is 0 Å². The summed E-state index contributed by atoms with van der Waals surface area (Å²) in [6, 6.07) is 11.7. The van der Waals surface area contributed by atoms with E-state index in [2.05, 4.69) is 5.32 Å². The zero-order valence-corrected chi connectivity index (χ0v) is 18.5. The van der Waals surface area contributed by atoms with Gasteiger partial charge in [0.1, 0.15) is 12.4 Å². The molecule has 1 fully saturated rings. The number of carbonyl (C=O) groups is 1. The van der Waals surface area contributed by atoms with Crippen molar-refractivity contribution in [3.63, 3.8) is 0 Å². The molecule has 1 saturated heterocycles. The molecule has 6 nitrogen and oxygen atoms in total. The Morgan fingerprint density at radius 3 is 2.41 bits per heavy atom. The Balaban J connectivity index is 1.53. The summed E-state index contributed by atoms with van der Waals surface area (Å²) in [5, 5.41) is 2.20. The van der Waals surface area contributed by atoms with Crippen molar-refractivity contribution in [2.24, 2.45) is 5.92 Å². The molecule has 3 rings (SSSR count). The first kappa shape index (κ1) is 24.3. The quantitative estimate of drug-likeness (QED) is 0.596. The first-order valence-electron chi connectivity index (χ1n) is 9.91. The van der Waals surface area contributed by atoms with Crippen LogP contribution in [0.15, 0.2) is 53.4 Å². The van der Waals surface area contributed by atoms with Gasteiger partial charge in [-0.2, -0.15) is 17.5 Å². The average Bonchev–Trinajstić information content (AvgIpc) is 2.76. The van der Waals surface area contributed by atoms with Crippen LogP contribution in [0.1, 0.15) is 18.4 Å². The van der Waals surface area contributed by atoms with Gasteiger partial charge in [-0.25, -0.2) is 8.42 Å². The predicted molar refractivity (Wildman–Crippen MR) is 113 cm³/mol. The lowest BCUT2D eigenvalue weighted by atomic mass is 9.97. The van der Waals surface area contributed by atoms with Crippen LogP contribution in [0, 0.1) is 5.92 Å². The minimum absolute atomic E-state index is 0.0327. The molecule has 0 unspecified atom stereocenters. The van der Waals surface area contributed by atoms with E-state index < -0.39 is 31.7 Å². The van der Waals surface area contributed by atoms with E-state index in [1.54, 1.807) is 12.1 Å². The second-order valence-corrected chi connectivity index (χ2v) is 9.62. The largest absolute Gasteiger partial charge is 0.492 e. The van der Waals surface area contributed by atoms with Gasteiger partial charge >= 0.3 is 6.18 Å². The molecule has 0 atom stereocenters. The third kappa shape index (κ3) is 5.93. The van der Waals surface area contributed by atoms with Gasteiger partial charge in [0.15, 0.2) is 0 Å². The van der Waals surface area contributed by atoms with Gasteiger partial charge in [-0.1, -0.05) is 29.8 Å². The fourth-order valence-electron chi connectivity index (χ4n) is 3.39. The molecule has 32 heavy (non-hydrogen) atoms. The van der Waals surface area contributed by atoms with Crippen LogP contribution in [0.3, 0.4) is 0 Å². The van der Waals surface area contributed by atoms with E-state index in [1.165, 1.54) is 0 Å². The molecule has 2 aromatic carbocycles. The molecular weight excluding hydrogens is 469 g/mol. The highest BCUT2D eigenvalue weighted by atomic mass is 35.5. The van der Waals surface area contributed by atoms with Crippen LogP contribution in [0.4, 0.5) is 13.2 Å². The minimum atomic E-state index is -4.77. The van der Waals surface area contributed by atoms with Crippen LogP contribution in [0.25, 0.3) is 0 Å². The molecular formula is C21H22ClF3N2O4S. The molecule has 174 valence electrons. The van der Waals surface area contributed by atoms with Gasteiger partial charge in [0, 0.05) is 19.0 Å². The number of rotatable bonds is 7. The number of hydrogen-bond acceptors (Lipinski definition) is 4. The maximum Gasteiger partial charge on any atom is 0.417 e. The summed E-state index contributed by atoms with van der Waals surface area (Å²) in [6.45, 7) is 0.661. The number of halogens is 4. The molecule has 0 saturated carbocycles. The zero-order chi connectivity index (χ0) is 23.4. The maximum atomic E-state index is 13.1. The number of ether oxygens (including phenoxy) is 1. The number of sulfonamides is 1. The number of nitrogens with one attached hydrogen (secondary N) is 1. The normalized spacial score (nSPS) is 16.0. The minimum Gasteiger partial charge on any atom is -0.492 e. The molecule has 1 heterocycles. The number of benzene rings is 2. The first-order valence-corrected chi connectivity index (χ1v) is 11.7. The Bertz CT molecular complexity index is 1040. The van der Waals surface area contributed by atoms with Crippen molar-refractivity contribution < 1.29 is 31.1 Å². The lowest BCUT2D eigenvalue weighted by Crippen LogP contribution is -2.43. The predicted octanol–water partition coefficient (Wildman–Crippen LogP) is 3.95. The van der Waals surface area contributed by atoms with E-state index in [-0.39, 0.29) is 37.8 Å². The highest BCUT2D eigenvalue weighted by molar-refractivity contribution is 7.89. The summed E-state index contributed by atoms with van der Waals surface area (Å²) >= 11 is 5.58. The highest BCUT2D eigenvalue weighted by Gasteiger charge is 2.37. The molecule has 1 N–H and O–H groups in total. The van der Waals surface area contributed by atoms with Gasteiger partial charge < -0.3 is 10.1 Å². The van der Waals surface area contributed by atoms with Gasteiger partial charge in [0.2, 0.25) is 15.9 Å². The second-order valence-electron chi connectivity index (χ2n) is 7.27. The summed E-state index contributed by atoms with van der Waals surface area (Å²) < 4.78 is 71.4. The Morgan fingerprint density at radius 2 is 1.78 bits per heavy atom. The number of hydrogen-bond donors (Lipinski definition) is 1. The van der Waals surface area contributed by atoms with Crippen molar-refractivity contribution >= 4 is 27.5 Å². The summed E-state index contributed by atoms with van der Waals surface area (Å²) in [5.41, 5.74) is -1.20. The number of amides is 1. The number of alkyl halides is 3. The molecule has 1 aliphatic heterocycles. The summed E-state index contributed by atoms with van der Waals surface area (Å²) in [5.74, 6) is 0.106. The average molecular weight is 491 g/mol. The molecule has 1 amide bonds. The molecule has 0 radical (unpaired) electrons. The van der Waals surface area contributed by atoms with Crippen LogP contribution in [-0.4, -0.2) is 44.9 Å². The molecule has 2 aromatic rings. The fourth-order valence-corrected chi connectivity index (χ4v) is 5.11. The topological polar surface area (TPSA) is 75.7 Å².